The van der Waals surface area contributed by atoms with E-state index in [0.717, 1.165) is 27.8 Å². The summed E-state index contributed by atoms with van der Waals surface area (Å²) in [6.07, 6.45) is 1.81. The Bertz CT molecular complexity index is 922. The van der Waals surface area contributed by atoms with Crippen molar-refractivity contribution in [1.82, 2.24) is 0 Å². The van der Waals surface area contributed by atoms with Crippen LogP contribution >= 0.6 is 0 Å². The van der Waals surface area contributed by atoms with Crippen molar-refractivity contribution in [1.29, 1.82) is 10.5 Å². The van der Waals surface area contributed by atoms with Gasteiger partial charge in [-0.05, 0) is 29.7 Å². The van der Waals surface area contributed by atoms with Gasteiger partial charge in [0.05, 0.1) is 0 Å². The number of rotatable bonds is 0. The summed E-state index contributed by atoms with van der Waals surface area (Å²) >= 11 is 0. The summed E-state index contributed by atoms with van der Waals surface area (Å²) in [6.45, 7) is 1.98. The van der Waals surface area contributed by atoms with Crippen LogP contribution in [0.25, 0.3) is 11.1 Å². The maximum absolute atomic E-state index is 9.15. The predicted octanol–water partition coefficient (Wildman–Crippen LogP) is 4.19. The number of allylic oxidation sites excluding steroid dienone is 2. The van der Waals surface area contributed by atoms with E-state index in [4.69, 9.17) is 15.3 Å². The number of ether oxygens (including phenoxy) is 1. The standard InChI is InChI=1S/C20H12N2O/c1-13-10-19(14(11-21)12-22)23-20(13)17-8-4-2-6-15(17)16-7-3-5-9-18(16)20/h2-10H,1H3. The highest BCUT2D eigenvalue weighted by Crippen LogP contribution is 2.56. The zero-order valence-corrected chi connectivity index (χ0v) is 12.5. The minimum atomic E-state index is -0.735. The quantitative estimate of drug-likeness (QED) is 0.685. The third-order valence-electron chi connectivity index (χ3n) is 4.54. The van der Waals surface area contributed by atoms with Crippen molar-refractivity contribution < 1.29 is 4.74 Å². The van der Waals surface area contributed by atoms with Gasteiger partial charge in [-0.15, -0.1) is 0 Å². The molecule has 3 nitrogen and oxygen atoms in total. The largest absolute Gasteiger partial charge is 0.471 e. The van der Waals surface area contributed by atoms with E-state index in [9.17, 15) is 0 Å². The number of hydrogen-bond donors (Lipinski definition) is 0. The molecule has 2 aromatic rings. The Kier molecular flexibility index (Phi) is 2.67. The van der Waals surface area contributed by atoms with Gasteiger partial charge in [-0.3, -0.25) is 0 Å². The monoisotopic (exact) mass is 296 g/mol. The van der Waals surface area contributed by atoms with Crippen LogP contribution in [-0.4, -0.2) is 0 Å². The zero-order valence-electron chi connectivity index (χ0n) is 12.5. The molecule has 3 heteroatoms. The second-order valence-corrected chi connectivity index (χ2v) is 5.66. The van der Waals surface area contributed by atoms with Crippen molar-refractivity contribution in [3.05, 3.63) is 82.6 Å². The topological polar surface area (TPSA) is 56.8 Å². The third kappa shape index (κ3) is 1.57. The Morgan fingerprint density at radius 3 is 1.96 bits per heavy atom. The highest BCUT2D eigenvalue weighted by atomic mass is 16.5. The first-order valence-electron chi connectivity index (χ1n) is 7.34. The number of fused-ring (bicyclic) bond motifs is 5. The van der Waals surface area contributed by atoms with Gasteiger partial charge in [0.1, 0.15) is 17.9 Å². The number of hydrogen-bond acceptors (Lipinski definition) is 3. The third-order valence-corrected chi connectivity index (χ3v) is 4.54. The van der Waals surface area contributed by atoms with Crippen LogP contribution < -0.4 is 0 Å². The fraction of sp³-hybridized carbons (Fsp3) is 0.100. The first-order valence-corrected chi connectivity index (χ1v) is 7.34. The van der Waals surface area contributed by atoms with Gasteiger partial charge in [0.2, 0.25) is 0 Å². The van der Waals surface area contributed by atoms with Crippen LogP contribution in [0.5, 0.6) is 0 Å². The summed E-state index contributed by atoms with van der Waals surface area (Å²) in [4.78, 5) is 0. The Morgan fingerprint density at radius 2 is 1.43 bits per heavy atom. The minimum absolute atomic E-state index is 0.00286. The first kappa shape index (κ1) is 13.4. The van der Waals surface area contributed by atoms with Crippen molar-refractivity contribution >= 4 is 0 Å². The molecule has 4 rings (SSSR count). The molecule has 0 saturated heterocycles. The Balaban J connectivity index is 2.05. The molecule has 1 spiro atoms. The number of nitrogens with zero attached hydrogens (tertiary/aromatic N) is 2. The van der Waals surface area contributed by atoms with Gasteiger partial charge in [0.15, 0.2) is 11.2 Å². The molecule has 23 heavy (non-hydrogen) atoms. The normalized spacial score (nSPS) is 16.0. The van der Waals surface area contributed by atoms with Crippen molar-refractivity contribution in [2.45, 2.75) is 12.5 Å². The highest BCUT2D eigenvalue weighted by Gasteiger charge is 2.50. The van der Waals surface area contributed by atoms with E-state index in [1.54, 1.807) is 6.08 Å². The fourth-order valence-corrected chi connectivity index (χ4v) is 3.56. The SMILES string of the molecule is CC1=CC(=C(C#N)C#N)OC12c1ccccc1-c1ccccc12. The van der Waals surface area contributed by atoms with E-state index < -0.39 is 5.60 Å². The number of benzene rings is 2. The van der Waals surface area contributed by atoms with Gasteiger partial charge in [0.25, 0.3) is 0 Å². The molecule has 108 valence electrons. The predicted molar refractivity (Wildman–Crippen MR) is 85.8 cm³/mol. The second-order valence-electron chi connectivity index (χ2n) is 5.66. The average Bonchev–Trinajstić information content (AvgIpc) is 3.08. The highest BCUT2D eigenvalue weighted by molar-refractivity contribution is 5.83. The molecular formula is C20H12N2O. The lowest BCUT2D eigenvalue weighted by Crippen LogP contribution is -2.26. The lowest BCUT2D eigenvalue weighted by atomic mass is 9.85. The molecule has 1 aliphatic heterocycles. The summed E-state index contributed by atoms with van der Waals surface area (Å²) in [7, 11) is 0. The van der Waals surface area contributed by atoms with Crippen molar-refractivity contribution in [2.75, 3.05) is 0 Å². The molecule has 0 unspecified atom stereocenters. The van der Waals surface area contributed by atoms with Crippen LogP contribution in [0, 0.1) is 22.7 Å². The molecule has 2 aliphatic rings. The van der Waals surface area contributed by atoms with Gasteiger partial charge in [-0.1, -0.05) is 48.5 Å². The van der Waals surface area contributed by atoms with Gasteiger partial charge in [-0.2, -0.15) is 10.5 Å². The molecule has 0 fully saturated rings. The molecule has 0 amide bonds. The molecule has 0 radical (unpaired) electrons. The second kappa shape index (κ2) is 4.60. The summed E-state index contributed by atoms with van der Waals surface area (Å²) in [5.41, 5.74) is 4.62. The van der Waals surface area contributed by atoms with Crippen LogP contribution in [0.4, 0.5) is 0 Å². The van der Waals surface area contributed by atoms with Gasteiger partial charge in [0, 0.05) is 11.1 Å². The van der Waals surface area contributed by atoms with Gasteiger partial charge < -0.3 is 4.74 Å². The zero-order chi connectivity index (χ0) is 16.0. The summed E-state index contributed by atoms with van der Waals surface area (Å²) in [5, 5.41) is 18.3. The summed E-state index contributed by atoms with van der Waals surface area (Å²) in [6, 6.07) is 20.1. The van der Waals surface area contributed by atoms with E-state index in [1.165, 1.54) is 0 Å². The molecule has 1 heterocycles. The molecule has 2 aromatic carbocycles. The van der Waals surface area contributed by atoms with Crippen molar-refractivity contribution in [3.63, 3.8) is 0 Å². The molecular weight excluding hydrogens is 284 g/mol. The Labute approximate surface area is 134 Å². The molecule has 0 atom stereocenters. The lowest BCUT2D eigenvalue weighted by molar-refractivity contribution is 0.0980. The first-order chi connectivity index (χ1) is 11.2. The maximum Gasteiger partial charge on any atom is 0.182 e. The molecule has 0 aromatic heterocycles. The van der Waals surface area contributed by atoms with E-state index >= 15 is 0 Å². The van der Waals surface area contributed by atoms with Gasteiger partial charge >= 0.3 is 0 Å². The minimum Gasteiger partial charge on any atom is -0.471 e. The Hall–Kier alpha value is -3.30. The smallest absolute Gasteiger partial charge is 0.182 e. The van der Waals surface area contributed by atoms with Crippen LogP contribution in [0.2, 0.25) is 0 Å². The molecule has 0 N–H and O–H groups in total. The lowest BCUT2D eigenvalue weighted by Gasteiger charge is -2.29. The van der Waals surface area contributed by atoms with Gasteiger partial charge in [-0.25, -0.2) is 0 Å². The van der Waals surface area contributed by atoms with E-state index in [1.807, 2.05) is 55.5 Å². The molecule has 0 bridgehead atoms. The molecule has 0 saturated carbocycles. The van der Waals surface area contributed by atoms with E-state index in [2.05, 4.69) is 12.1 Å². The van der Waals surface area contributed by atoms with Crippen molar-refractivity contribution in [2.24, 2.45) is 0 Å². The maximum atomic E-state index is 9.15. The van der Waals surface area contributed by atoms with Crippen LogP contribution in [0.15, 0.2) is 71.5 Å². The fourth-order valence-electron chi connectivity index (χ4n) is 3.56. The Morgan fingerprint density at radius 1 is 0.913 bits per heavy atom. The summed E-state index contributed by atoms with van der Waals surface area (Å²) < 4.78 is 6.26. The molecule has 1 aliphatic carbocycles. The van der Waals surface area contributed by atoms with Crippen LogP contribution in [0.1, 0.15) is 18.1 Å². The van der Waals surface area contributed by atoms with Crippen LogP contribution in [0.3, 0.4) is 0 Å². The van der Waals surface area contributed by atoms with Crippen molar-refractivity contribution in [3.8, 4) is 23.3 Å². The number of nitriles is 2. The average molecular weight is 296 g/mol. The van der Waals surface area contributed by atoms with Crippen LogP contribution in [-0.2, 0) is 10.3 Å². The van der Waals surface area contributed by atoms with E-state index in [0.29, 0.717) is 5.76 Å². The van der Waals surface area contributed by atoms with E-state index in [-0.39, 0.29) is 5.57 Å². The summed E-state index contributed by atoms with van der Waals surface area (Å²) in [5.74, 6) is 0.346.